The molecular formula is C28H22FN5O. The molecule has 3 N–H and O–H groups in total. The number of fused-ring (bicyclic) bond motifs is 1. The van der Waals surface area contributed by atoms with Crippen molar-refractivity contribution in [2.75, 3.05) is 16.0 Å². The van der Waals surface area contributed by atoms with E-state index in [1.165, 1.54) is 12.1 Å². The fraction of sp³-hybridized carbons (Fsp3) is 0.0357. The number of hydrogen-bond donors (Lipinski definition) is 3. The van der Waals surface area contributed by atoms with Gasteiger partial charge in [0, 0.05) is 58.0 Å². The molecule has 5 rings (SSSR count). The molecule has 0 saturated heterocycles. The predicted octanol–water partition coefficient (Wildman–Crippen LogP) is 6.82. The molecule has 0 unspecified atom stereocenters. The van der Waals surface area contributed by atoms with Gasteiger partial charge in [0.25, 0.3) is 5.91 Å². The van der Waals surface area contributed by atoms with Gasteiger partial charge in [-0.3, -0.25) is 14.8 Å². The number of aryl methyl sites for hydroxylation is 1. The molecule has 0 bridgehead atoms. The van der Waals surface area contributed by atoms with Gasteiger partial charge in [0.2, 0.25) is 0 Å². The summed E-state index contributed by atoms with van der Waals surface area (Å²) in [6.45, 7) is 1.92. The van der Waals surface area contributed by atoms with E-state index in [9.17, 15) is 9.18 Å². The zero-order chi connectivity index (χ0) is 24.2. The fourth-order valence-corrected chi connectivity index (χ4v) is 3.80. The Labute approximate surface area is 201 Å². The molecule has 3 aromatic carbocycles. The maximum atomic E-state index is 13.8. The minimum atomic E-state index is -0.322. The first-order valence-corrected chi connectivity index (χ1v) is 11.1. The standard InChI is InChI=1S/C28H22FN5O/c1-18-15-19(5-7-25(18)34-27-11-14-31-26-8-6-20(29)16-24(26)27)28(35)33-23-4-2-3-22(17-23)32-21-9-12-30-13-10-21/h2-17H,1H3,(H,30,32)(H,31,34)(H,33,35). The van der Waals surface area contributed by atoms with Crippen molar-refractivity contribution in [2.24, 2.45) is 0 Å². The quantitative estimate of drug-likeness (QED) is 0.258. The number of anilines is 5. The number of hydrogen-bond acceptors (Lipinski definition) is 5. The number of benzene rings is 3. The highest BCUT2D eigenvalue weighted by molar-refractivity contribution is 6.05. The predicted molar refractivity (Wildman–Crippen MR) is 138 cm³/mol. The van der Waals surface area contributed by atoms with Gasteiger partial charge in [-0.15, -0.1) is 0 Å². The molecule has 172 valence electrons. The van der Waals surface area contributed by atoms with Gasteiger partial charge in [0.1, 0.15) is 5.82 Å². The van der Waals surface area contributed by atoms with Crippen LogP contribution in [-0.4, -0.2) is 15.9 Å². The lowest BCUT2D eigenvalue weighted by Crippen LogP contribution is -2.12. The lowest BCUT2D eigenvalue weighted by atomic mass is 10.1. The molecule has 0 aliphatic heterocycles. The Morgan fingerprint density at radius 2 is 1.60 bits per heavy atom. The minimum Gasteiger partial charge on any atom is -0.355 e. The van der Waals surface area contributed by atoms with Crippen molar-refractivity contribution in [2.45, 2.75) is 6.92 Å². The summed E-state index contributed by atoms with van der Waals surface area (Å²) >= 11 is 0. The van der Waals surface area contributed by atoms with Crippen LogP contribution in [0.5, 0.6) is 0 Å². The van der Waals surface area contributed by atoms with E-state index in [-0.39, 0.29) is 11.7 Å². The van der Waals surface area contributed by atoms with Gasteiger partial charge < -0.3 is 16.0 Å². The van der Waals surface area contributed by atoms with E-state index in [1.807, 2.05) is 55.5 Å². The molecule has 1 amide bonds. The summed E-state index contributed by atoms with van der Waals surface area (Å²) in [6, 6.07) is 23.0. The molecule has 7 heteroatoms. The Balaban J connectivity index is 1.31. The molecule has 0 aliphatic carbocycles. The van der Waals surface area contributed by atoms with Gasteiger partial charge in [-0.05, 0) is 85.3 Å². The molecule has 2 aromatic heterocycles. The van der Waals surface area contributed by atoms with Crippen molar-refractivity contribution in [1.82, 2.24) is 9.97 Å². The molecule has 0 aliphatic rings. The van der Waals surface area contributed by atoms with Crippen LogP contribution in [0.15, 0.2) is 97.5 Å². The summed E-state index contributed by atoms with van der Waals surface area (Å²) in [6.07, 6.45) is 5.10. The molecule has 5 aromatic rings. The summed E-state index contributed by atoms with van der Waals surface area (Å²) in [4.78, 5) is 21.2. The zero-order valence-corrected chi connectivity index (χ0v) is 18.9. The Kier molecular flexibility index (Phi) is 6.05. The van der Waals surface area contributed by atoms with Crippen molar-refractivity contribution in [3.8, 4) is 0 Å². The van der Waals surface area contributed by atoms with Crippen LogP contribution in [0.2, 0.25) is 0 Å². The summed E-state index contributed by atoms with van der Waals surface area (Å²) < 4.78 is 13.8. The lowest BCUT2D eigenvalue weighted by molar-refractivity contribution is 0.102. The zero-order valence-electron chi connectivity index (χ0n) is 18.9. The van der Waals surface area contributed by atoms with Crippen LogP contribution < -0.4 is 16.0 Å². The third-order valence-corrected chi connectivity index (χ3v) is 5.55. The maximum Gasteiger partial charge on any atom is 0.255 e. The number of carbonyl (C=O) groups excluding carboxylic acids is 1. The van der Waals surface area contributed by atoms with Crippen LogP contribution in [0.3, 0.4) is 0 Å². The second kappa shape index (κ2) is 9.61. The summed E-state index contributed by atoms with van der Waals surface area (Å²) in [5.74, 6) is -0.533. The summed E-state index contributed by atoms with van der Waals surface area (Å²) in [5.41, 5.74) is 6.12. The molecule has 0 spiro atoms. The van der Waals surface area contributed by atoms with Crippen LogP contribution in [-0.2, 0) is 0 Å². The first-order chi connectivity index (χ1) is 17.0. The van der Waals surface area contributed by atoms with E-state index in [2.05, 4.69) is 25.9 Å². The van der Waals surface area contributed by atoms with E-state index >= 15 is 0 Å². The Morgan fingerprint density at radius 3 is 2.43 bits per heavy atom. The Bertz CT molecular complexity index is 1520. The minimum absolute atomic E-state index is 0.211. The third-order valence-electron chi connectivity index (χ3n) is 5.55. The number of nitrogens with one attached hydrogen (secondary N) is 3. The van der Waals surface area contributed by atoms with E-state index in [1.54, 1.807) is 36.8 Å². The average Bonchev–Trinajstić information content (AvgIpc) is 2.86. The van der Waals surface area contributed by atoms with E-state index < -0.39 is 0 Å². The van der Waals surface area contributed by atoms with Gasteiger partial charge in [0.05, 0.1) is 5.52 Å². The fourth-order valence-electron chi connectivity index (χ4n) is 3.80. The first-order valence-electron chi connectivity index (χ1n) is 11.1. The monoisotopic (exact) mass is 463 g/mol. The number of rotatable bonds is 6. The highest BCUT2D eigenvalue weighted by atomic mass is 19.1. The number of pyridine rings is 2. The highest BCUT2D eigenvalue weighted by Gasteiger charge is 2.11. The summed E-state index contributed by atoms with van der Waals surface area (Å²) in [7, 11) is 0. The highest BCUT2D eigenvalue weighted by Crippen LogP contribution is 2.28. The van der Waals surface area contributed by atoms with Crippen molar-refractivity contribution in [3.05, 3.63) is 114 Å². The Hall–Kier alpha value is -4.78. The molecule has 0 atom stereocenters. The third kappa shape index (κ3) is 5.09. The van der Waals surface area contributed by atoms with Gasteiger partial charge in [0.15, 0.2) is 0 Å². The smallest absolute Gasteiger partial charge is 0.255 e. The number of aromatic nitrogens is 2. The second-order valence-corrected chi connectivity index (χ2v) is 8.07. The van der Waals surface area contributed by atoms with Crippen molar-refractivity contribution < 1.29 is 9.18 Å². The number of amides is 1. The lowest BCUT2D eigenvalue weighted by Gasteiger charge is -2.14. The average molecular weight is 464 g/mol. The van der Waals surface area contributed by atoms with E-state index in [0.717, 1.165) is 28.3 Å². The number of carbonyl (C=O) groups is 1. The molecule has 0 fully saturated rings. The van der Waals surface area contributed by atoms with Gasteiger partial charge in [-0.1, -0.05) is 6.07 Å². The van der Waals surface area contributed by atoms with E-state index in [0.29, 0.717) is 22.2 Å². The first kappa shape index (κ1) is 22.0. The normalized spacial score (nSPS) is 10.7. The topological polar surface area (TPSA) is 78.9 Å². The van der Waals surface area contributed by atoms with Crippen LogP contribution in [0, 0.1) is 12.7 Å². The van der Waals surface area contributed by atoms with Gasteiger partial charge in [-0.25, -0.2) is 4.39 Å². The molecule has 0 radical (unpaired) electrons. The Morgan fingerprint density at radius 1 is 0.771 bits per heavy atom. The number of halogens is 1. The largest absolute Gasteiger partial charge is 0.355 e. The molecule has 35 heavy (non-hydrogen) atoms. The van der Waals surface area contributed by atoms with Crippen LogP contribution in [0.4, 0.5) is 32.8 Å². The summed E-state index contributed by atoms with van der Waals surface area (Å²) in [5, 5.41) is 10.3. The van der Waals surface area contributed by atoms with Crippen LogP contribution >= 0.6 is 0 Å². The maximum absolute atomic E-state index is 13.8. The molecule has 0 saturated carbocycles. The van der Waals surface area contributed by atoms with Crippen molar-refractivity contribution in [3.63, 3.8) is 0 Å². The number of nitrogens with zero attached hydrogens (tertiary/aromatic N) is 2. The van der Waals surface area contributed by atoms with Crippen molar-refractivity contribution in [1.29, 1.82) is 0 Å². The van der Waals surface area contributed by atoms with Gasteiger partial charge >= 0.3 is 0 Å². The van der Waals surface area contributed by atoms with Gasteiger partial charge in [-0.2, -0.15) is 0 Å². The van der Waals surface area contributed by atoms with Crippen LogP contribution in [0.1, 0.15) is 15.9 Å². The van der Waals surface area contributed by atoms with Crippen LogP contribution in [0.25, 0.3) is 10.9 Å². The molecular weight excluding hydrogens is 441 g/mol. The molecule has 2 heterocycles. The van der Waals surface area contributed by atoms with Crippen molar-refractivity contribution >= 4 is 45.2 Å². The second-order valence-electron chi connectivity index (χ2n) is 8.07. The van der Waals surface area contributed by atoms with E-state index in [4.69, 9.17) is 0 Å². The SMILES string of the molecule is Cc1cc(C(=O)Nc2cccc(Nc3ccncc3)c2)ccc1Nc1ccnc2ccc(F)cc12. The molecule has 6 nitrogen and oxygen atoms in total.